The molecule has 3 heterocycles. The van der Waals surface area contributed by atoms with Crippen molar-refractivity contribution < 1.29 is 9.32 Å². The molecule has 0 radical (unpaired) electrons. The predicted octanol–water partition coefficient (Wildman–Crippen LogP) is 3.06. The molecule has 26 heavy (non-hydrogen) atoms. The number of nitrogens with zero attached hydrogens (tertiary/aromatic N) is 3. The van der Waals surface area contributed by atoms with Crippen LogP contribution in [0.4, 0.5) is 5.82 Å². The molecule has 1 N–H and O–H groups in total. The van der Waals surface area contributed by atoms with Crippen LogP contribution < -0.4 is 10.9 Å². The van der Waals surface area contributed by atoms with Gasteiger partial charge in [0.15, 0.2) is 5.82 Å². The normalized spacial score (nSPS) is 11.0. The Hall–Kier alpha value is -3.26. The molecule has 0 saturated carbocycles. The molecule has 0 bridgehead atoms. The zero-order valence-corrected chi connectivity index (χ0v) is 14.6. The monoisotopic (exact) mass is 366 g/mol. The lowest BCUT2D eigenvalue weighted by Gasteiger charge is -2.09. The first-order valence-corrected chi connectivity index (χ1v) is 8.77. The minimum atomic E-state index is -0.402. The van der Waals surface area contributed by atoms with Crippen LogP contribution in [0.2, 0.25) is 0 Å². The highest BCUT2D eigenvalue weighted by Crippen LogP contribution is 2.28. The summed E-state index contributed by atoms with van der Waals surface area (Å²) in [4.78, 5) is 26.0. The number of hydrogen-bond acceptors (Lipinski definition) is 6. The van der Waals surface area contributed by atoms with Gasteiger partial charge in [0, 0.05) is 11.5 Å². The summed E-state index contributed by atoms with van der Waals surface area (Å²) < 4.78 is 6.10. The first-order chi connectivity index (χ1) is 12.6. The number of carbonyl (C=O) groups is 1. The molecule has 0 aliphatic rings. The quantitative estimate of drug-likeness (QED) is 0.599. The Labute approximate surface area is 151 Å². The molecule has 1 amide bonds. The van der Waals surface area contributed by atoms with E-state index in [-0.39, 0.29) is 12.1 Å². The maximum absolute atomic E-state index is 12.7. The number of thiophene rings is 1. The summed E-state index contributed by atoms with van der Waals surface area (Å²) in [5.41, 5.74) is 0.368. The van der Waals surface area contributed by atoms with Crippen LogP contribution in [0.1, 0.15) is 5.76 Å². The van der Waals surface area contributed by atoms with Crippen molar-refractivity contribution in [1.29, 1.82) is 0 Å². The summed E-state index contributed by atoms with van der Waals surface area (Å²) in [5.74, 6) is 0.487. The lowest BCUT2D eigenvalue weighted by atomic mass is 10.1. The van der Waals surface area contributed by atoms with E-state index < -0.39 is 5.91 Å². The fraction of sp³-hybridized carbons (Fsp3) is 0.111. The van der Waals surface area contributed by atoms with Crippen LogP contribution in [-0.4, -0.2) is 20.8 Å². The minimum absolute atomic E-state index is 0.214. The molecule has 7 nitrogen and oxygen atoms in total. The van der Waals surface area contributed by atoms with Crippen molar-refractivity contribution in [2.75, 3.05) is 5.32 Å². The number of anilines is 1. The smallest absolute Gasteiger partial charge is 0.275 e. The van der Waals surface area contributed by atoms with Crippen LogP contribution >= 0.6 is 11.3 Å². The van der Waals surface area contributed by atoms with Crippen LogP contribution in [0, 0.1) is 6.92 Å². The Morgan fingerprint density at radius 1 is 1.23 bits per heavy atom. The first kappa shape index (κ1) is 16.2. The molecule has 0 aliphatic carbocycles. The molecule has 0 aliphatic heterocycles. The van der Waals surface area contributed by atoms with E-state index >= 15 is 0 Å². The van der Waals surface area contributed by atoms with Crippen molar-refractivity contribution in [3.63, 3.8) is 0 Å². The topological polar surface area (TPSA) is 90.0 Å². The molecule has 8 heteroatoms. The largest absolute Gasteiger partial charge is 0.360 e. The summed E-state index contributed by atoms with van der Waals surface area (Å²) in [6.07, 6.45) is 0. The summed E-state index contributed by atoms with van der Waals surface area (Å²) >= 11 is 1.53. The number of nitrogens with one attached hydrogen (secondary N) is 1. The summed E-state index contributed by atoms with van der Waals surface area (Å²) in [6.45, 7) is 1.51. The highest BCUT2D eigenvalue weighted by atomic mass is 32.1. The number of rotatable bonds is 4. The lowest BCUT2D eigenvalue weighted by Crippen LogP contribution is -2.30. The number of benzene rings is 1. The first-order valence-electron chi connectivity index (χ1n) is 7.89. The molecular weight excluding hydrogens is 352 g/mol. The maximum atomic E-state index is 12.7. The van der Waals surface area contributed by atoms with Crippen LogP contribution in [-0.2, 0) is 11.3 Å². The average molecular weight is 366 g/mol. The van der Waals surface area contributed by atoms with E-state index in [0.29, 0.717) is 22.7 Å². The van der Waals surface area contributed by atoms with Crippen LogP contribution in [0.3, 0.4) is 0 Å². The van der Waals surface area contributed by atoms with E-state index in [2.05, 4.69) is 15.6 Å². The Morgan fingerprint density at radius 2 is 2.04 bits per heavy atom. The highest BCUT2D eigenvalue weighted by Gasteiger charge is 2.15. The van der Waals surface area contributed by atoms with Crippen molar-refractivity contribution in [2.24, 2.45) is 0 Å². The van der Waals surface area contributed by atoms with Gasteiger partial charge in [0.25, 0.3) is 5.56 Å². The third kappa shape index (κ3) is 3.02. The van der Waals surface area contributed by atoms with Gasteiger partial charge >= 0.3 is 0 Å². The molecule has 0 saturated heterocycles. The zero-order valence-electron chi connectivity index (χ0n) is 13.8. The molecule has 4 rings (SSSR count). The van der Waals surface area contributed by atoms with Crippen molar-refractivity contribution >= 4 is 33.8 Å². The summed E-state index contributed by atoms with van der Waals surface area (Å²) in [6, 6.07) is 12.7. The third-order valence-corrected chi connectivity index (χ3v) is 4.69. The van der Waals surface area contributed by atoms with Gasteiger partial charge in [-0.3, -0.25) is 9.59 Å². The van der Waals surface area contributed by atoms with E-state index in [0.717, 1.165) is 10.3 Å². The van der Waals surface area contributed by atoms with Gasteiger partial charge in [-0.2, -0.15) is 5.10 Å². The standard InChI is InChI=1S/C18H14N4O3S/c1-11-9-15(21-25-11)19-16(23)10-22-18(24)13-6-3-2-5-12(13)17(20-22)14-7-4-8-26-14/h2-9H,10H2,1H3,(H,19,21,23). The van der Waals surface area contributed by atoms with Gasteiger partial charge in [-0.15, -0.1) is 11.3 Å². The molecular formula is C18H14N4O3S. The SMILES string of the molecule is Cc1cc(NC(=O)Cn2nc(-c3cccs3)c3ccccc3c2=O)no1. The number of amides is 1. The average Bonchev–Trinajstić information content (AvgIpc) is 3.29. The van der Waals surface area contributed by atoms with E-state index in [1.165, 1.54) is 16.0 Å². The summed E-state index contributed by atoms with van der Waals surface area (Å²) in [7, 11) is 0. The van der Waals surface area contributed by atoms with Gasteiger partial charge in [0.2, 0.25) is 5.91 Å². The second-order valence-electron chi connectivity index (χ2n) is 5.71. The number of carbonyl (C=O) groups excluding carboxylic acids is 1. The molecule has 1 aromatic carbocycles. The van der Waals surface area contributed by atoms with Gasteiger partial charge in [0.1, 0.15) is 18.0 Å². The number of aromatic nitrogens is 3. The number of hydrogen-bond donors (Lipinski definition) is 1. The van der Waals surface area contributed by atoms with E-state index in [9.17, 15) is 9.59 Å². The lowest BCUT2D eigenvalue weighted by molar-refractivity contribution is -0.117. The fourth-order valence-electron chi connectivity index (χ4n) is 2.68. The van der Waals surface area contributed by atoms with Crippen LogP contribution in [0.25, 0.3) is 21.3 Å². The highest BCUT2D eigenvalue weighted by molar-refractivity contribution is 7.13. The van der Waals surface area contributed by atoms with Crippen molar-refractivity contribution in [3.05, 3.63) is 64.0 Å². The van der Waals surface area contributed by atoms with E-state index in [4.69, 9.17) is 4.52 Å². The number of fused-ring (bicyclic) bond motifs is 1. The van der Waals surface area contributed by atoms with Gasteiger partial charge < -0.3 is 9.84 Å². The fourth-order valence-corrected chi connectivity index (χ4v) is 3.40. The van der Waals surface area contributed by atoms with E-state index in [1.54, 1.807) is 25.1 Å². The van der Waals surface area contributed by atoms with Crippen molar-refractivity contribution in [3.8, 4) is 10.6 Å². The third-order valence-electron chi connectivity index (χ3n) is 3.81. The maximum Gasteiger partial charge on any atom is 0.275 e. The molecule has 0 atom stereocenters. The predicted molar refractivity (Wildman–Crippen MR) is 99.2 cm³/mol. The zero-order chi connectivity index (χ0) is 18.1. The van der Waals surface area contributed by atoms with Gasteiger partial charge in [0.05, 0.1) is 10.3 Å². The minimum Gasteiger partial charge on any atom is -0.360 e. The van der Waals surface area contributed by atoms with E-state index in [1.807, 2.05) is 29.6 Å². The molecule has 130 valence electrons. The molecule has 0 unspecified atom stereocenters. The van der Waals surface area contributed by atoms with Crippen molar-refractivity contribution in [1.82, 2.24) is 14.9 Å². The molecule has 0 spiro atoms. The Bertz CT molecular complexity index is 1140. The number of aryl methyl sites for hydroxylation is 1. The Morgan fingerprint density at radius 3 is 2.73 bits per heavy atom. The molecule has 4 aromatic rings. The Balaban J connectivity index is 1.74. The molecule has 0 fully saturated rings. The molecule has 3 aromatic heterocycles. The van der Waals surface area contributed by atoms with Crippen LogP contribution in [0.5, 0.6) is 0 Å². The van der Waals surface area contributed by atoms with Crippen molar-refractivity contribution in [2.45, 2.75) is 13.5 Å². The Kier molecular flexibility index (Phi) is 4.10. The second kappa shape index (κ2) is 6.57. The second-order valence-corrected chi connectivity index (χ2v) is 6.65. The van der Waals surface area contributed by atoms with Gasteiger partial charge in [-0.05, 0) is 24.4 Å². The van der Waals surface area contributed by atoms with Gasteiger partial charge in [-0.25, -0.2) is 4.68 Å². The van der Waals surface area contributed by atoms with Gasteiger partial charge in [-0.1, -0.05) is 29.4 Å². The summed E-state index contributed by atoms with van der Waals surface area (Å²) in [5, 5.41) is 14.0. The van der Waals surface area contributed by atoms with Crippen LogP contribution in [0.15, 0.2) is 57.2 Å².